The van der Waals surface area contributed by atoms with Crippen LogP contribution in [0.3, 0.4) is 0 Å². The Hall–Kier alpha value is -1.94. The van der Waals surface area contributed by atoms with Gasteiger partial charge in [-0.2, -0.15) is 0 Å². The van der Waals surface area contributed by atoms with Gasteiger partial charge < -0.3 is 4.90 Å². The SMILES string of the molecule is C[C@@H](c1ccc(Cl)cc1)N(C)C(=O)c1cnccn1. The van der Waals surface area contributed by atoms with Gasteiger partial charge in [0.15, 0.2) is 0 Å². The van der Waals surface area contributed by atoms with Gasteiger partial charge >= 0.3 is 0 Å². The fraction of sp³-hybridized carbons (Fsp3) is 0.214. The summed E-state index contributed by atoms with van der Waals surface area (Å²) in [6.45, 7) is 1.96. The van der Waals surface area contributed by atoms with E-state index in [2.05, 4.69) is 9.97 Å². The molecule has 1 atom stereocenters. The average molecular weight is 276 g/mol. The first-order chi connectivity index (χ1) is 9.09. The van der Waals surface area contributed by atoms with E-state index in [-0.39, 0.29) is 11.9 Å². The number of nitrogens with zero attached hydrogens (tertiary/aromatic N) is 3. The summed E-state index contributed by atoms with van der Waals surface area (Å²) in [5.74, 6) is -0.157. The second-order valence-corrected chi connectivity index (χ2v) is 4.67. The number of rotatable bonds is 3. The molecule has 0 radical (unpaired) electrons. The van der Waals surface area contributed by atoms with Crippen LogP contribution in [0.15, 0.2) is 42.9 Å². The molecular formula is C14H14ClN3O. The van der Waals surface area contributed by atoms with E-state index in [0.29, 0.717) is 10.7 Å². The van der Waals surface area contributed by atoms with Crippen LogP contribution in [0.25, 0.3) is 0 Å². The van der Waals surface area contributed by atoms with Gasteiger partial charge in [0.2, 0.25) is 0 Å². The van der Waals surface area contributed by atoms with Crippen molar-refractivity contribution in [3.8, 4) is 0 Å². The van der Waals surface area contributed by atoms with Crippen LogP contribution in [-0.4, -0.2) is 27.8 Å². The fourth-order valence-electron chi connectivity index (χ4n) is 1.73. The average Bonchev–Trinajstić information content (AvgIpc) is 2.46. The number of aromatic nitrogens is 2. The van der Waals surface area contributed by atoms with Gasteiger partial charge in [0.25, 0.3) is 5.91 Å². The predicted molar refractivity (Wildman–Crippen MR) is 74.0 cm³/mol. The highest BCUT2D eigenvalue weighted by atomic mass is 35.5. The summed E-state index contributed by atoms with van der Waals surface area (Å²) >= 11 is 5.86. The van der Waals surface area contributed by atoms with E-state index in [9.17, 15) is 4.79 Å². The Kier molecular flexibility index (Phi) is 4.12. The molecule has 1 aromatic heterocycles. The van der Waals surface area contributed by atoms with Gasteiger partial charge in [-0.3, -0.25) is 9.78 Å². The van der Waals surface area contributed by atoms with Crippen LogP contribution in [-0.2, 0) is 0 Å². The predicted octanol–water partition coefficient (Wildman–Crippen LogP) is 2.96. The zero-order valence-corrected chi connectivity index (χ0v) is 11.5. The fourth-order valence-corrected chi connectivity index (χ4v) is 1.86. The molecule has 1 heterocycles. The Morgan fingerprint density at radius 3 is 2.53 bits per heavy atom. The maximum atomic E-state index is 12.2. The number of benzene rings is 1. The summed E-state index contributed by atoms with van der Waals surface area (Å²) in [7, 11) is 1.75. The van der Waals surface area contributed by atoms with Crippen molar-refractivity contribution in [2.75, 3.05) is 7.05 Å². The second-order valence-electron chi connectivity index (χ2n) is 4.23. The maximum Gasteiger partial charge on any atom is 0.274 e. The molecule has 0 fully saturated rings. The molecule has 0 unspecified atom stereocenters. The van der Waals surface area contributed by atoms with Crippen molar-refractivity contribution in [3.63, 3.8) is 0 Å². The highest BCUT2D eigenvalue weighted by molar-refractivity contribution is 6.30. The Bertz CT molecular complexity index is 557. The summed E-state index contributed by atoms with van der Waals surface area (Å²) in [6, 6.07) is 7.38. The maximum absolute atomic E-state index is 12.2. The van der Waals surface area contributed by atoms with Crippen molar-refractivity contribution >= 4 is 17.5 Å². The highest BCUT2D eigenvalue weighted by Gasteiger charge is 2.19. The quantitative estimate of drug-likeness (QED) is 0.865. The Labute approximate surface area is 117 Å². The number of carbonyl (C=O) groups excluding carboxylic acids is 1. The van der Waals surface area contributed by atoms with Crippen molar-refractivity contribution in [2.24, 2.45) is 0 Å². The van der Waals surface area contributed by atoms with Gasteiger partial charge in [-0.15, -0.1) is 0 Å². The molecule has 0 saturated carbocycles. The molecule has 4 nitrogen and oxygen atoms in total. The first-order valence-electron chi connectivity index (χ1n) is 5.88. The van der Waals surface area contributed by atoms with E-state index >= 15 is 0 Å². The van der Waals surface area contributed by atoms with E-state index in [1.165, 1.54) is 12.4 Å². The van der Waals surface area contributed by atoms with Crippen LogP contribution >= 0.6 is 11.6 Å². The van der Waals surface area contributed by atoms with Gasteiger partial charge in [-0.25, -0.2) is 4.98 Å². The third kappa shape index (κ3) is 3.09. The minimum absolute atomic E-state index is 0.0632. The lowest BCUT2D eigenvalue weighted by Gasteiger charge is -2.25. The summed E-state index contributed by atoms with van der Waals surface area (Å²) < 4.78 is 0. The number of hydrogen-bond donors (Lipinski definition) is 0. The minimum atomic E-state index is -0.157. The molecule has 0 N–H and O–H groups in total. The Morgan fingerprint density at radius 2 is 1.95 bits per heavy atom. The zero-order chi connectivity index (χ0) is 13.8. The van der Waals surface area contributed by atoms with E-state index in [0.717, 1.165) is 5.56 Å². The molecule has 19 heavy (non-hydrogen) atoms. The lowest BCUT2D eigenvalue weighted by atomic mass is 10.1. The van der Waals surface area contributed by atoms with Crippen LogP contribution in [0.2, 0.25) is 5.02 Å². The van der Waals surface area contributed by atoms with Crippen molar-refractivity contribution in [1.29, 1.82) is 0 Å². The van der Waals surface area contributed by atoms with E-state index in [1.54, 1.807) is 18.1 Å². The third-order valence-electron chi connectivity index (χ3n) is 3.04. The molecule has 2 aromatic rings. The molecule has 98 valence electrons. The van der Waals surface area contributed by atoms with Gasteiger partial charge in [0.05, 0.1) is 12.2 Å². The summed E-state index contributed by atoms with van der Waals surface area (Å²) in [6.07, 6.45) is 4.51. The molecule has 1 aromatic carbocycles. The number of hydrogen-bond acceptors (Lipinski definition) is 3. The van der Waals surface area contributed by atoms with Gasteiger partial charge in [-0.05, 0) is 24.6 Å². The normalized spacial score (nSPS) is 11.9. The van der Waals surface area contributed by atoms with Crippen molar-refractivity contribution in [3.05, 3.63) is 59.1 Å². The zero-order valence-electron chi connectivity index (χ0n) is 10.7. The lowest BCUT2D eigenvalue weighted by Crippen LogP contribution is -2.30. The first-order valence-corrected chi connectivity index (χ1v) is 6.26. The lowest BCUT2D eigenvalue weighted by molar-refractivity contribution is 0.0736. The van der Waals surface area contributed by atoms with E-state index in [1.807, 2.05) is 31.2 Å². The molecule has 5 heteroatoms. The minimum Gasteiger partial charge on any atom is -0.334 e. The van der Waals surface area contributed by atoms with Crippen molar-refractivity contribution < 1.29 is 4.79 Å². The van der Waals surface area contributed by atoms with Crippen LogP contribution in [0.1, 0.15) is 29.0 Å². The Balaban J connectivity index is 2.17. The van der Waals surface area contributed by atoms with Crippen molar-refractivity contribution in [2.45, 2.75) is 13.0 Å². The van der Waals surface area contributed by atoms with Crippen LogP contribution in [0, 0.1) is 0 Å². The third-order valence-corrected chi connectivity index (χ3v) is 3.29. The highest BCUT2D eigenvalue weighted by Crippen LogP contribution is 2.21. The monoisotopic (exact) mass is 275 g/mol. The molecule has 2 rings (SSSR count). The van der Waals surface area contributed by atoms with Crippen LogP contribution < -0.4 is 0 Å². The number of amides is 1. The molecule has 1 amide bonds. The second kappa shape index (κ2) is 5.80. The molecule has 0 aliphatic carbocycles. The van der Waals surface area contributed by atoms with E-state index < -0.39 is 0 Å². The topological polar surface area (TPSA) is 46.1 Å². The largest absolute Gasteiger partial charge is 0.334 e. The van der Waals surface area contributed by atoms with Gasteiger partial charge in [-0.1, -0.05) is 23.7 Å². The summed E-state index contributed by atoms with van der Waals surface area (Å²) in [5.41, 5.74) is 1.36. The number of halogens is 1. The van der Waals surface area contributed by atoms with Crippen LogP contribution in [0.4, 0.5) is 0 Å². The standard InChI is InChI=1S/C14H14ClN3O/c1-10(11-3-5-12(15)6-4-11)18(2)14(19)13-9-16-7-8-17-13/h3-10H,1-2H3/t10-/m0/s1. The smallest absolute Gasteiger partial charge is 0.274 e. The molecule has 0 saturated heterocycles. The van der Waals surface area contributed by atoms with Gasteiger partial charge in [0, 0.05) is 24.5 Å². The molecule has 0 aliphatic heterocycles. The van der Waals surface area contributed by atoms with Crippen LogP contribution in [0.5, 0.6) is 0 Å². The number of carbonyl (C=O) groups is 1. The molecular weight excluding hydrogens is 262 g/mol. The van der Waals surface area contributed by atoms with E-state index in [4.69, 9.17) is 11.6 Å². The summed E-state index contributed by atoms with van der Waals surface area (Å²) in [5, 5.41) is 0.679. The Morgan fingerprint density at radius 1 is 1.26 bits per heavy atom. The first kappa shape index (κ1) is 13.5. The molecule has 0 bridgehead atoms. The molecule has 0 aliphatic rings. The van der Waals surface area contributed by atoms with Gasteiger partial charge in [0.1, 0.15) is 5.69 Å². The molecule has 0 spiro atoms. The van der Waals surface area contributed by atoms with Crippen molar-refractivity contribution in [1.82, 2.24) is 14.9 Å². The summed E-state index contributed by atoms with van der Waals surface area (Å²) in [4.78, 5) is 21.8.